The Kier molecular flexibility index (Phi) is 5.56. The summed E-state index contributed by atoms with van der Waals surface area (Å²) in [5.41, 5.74) is 8.11. The molecule has 0 aliphatic heterocycles. The van der Waals surface area contributed by atoms with Crippen LogP contribution >= 0.6 is 0 Å². The predicted octanol–water partition coefficient (Wildman–Crippen LogP) is 10.5. The van der Waals surface area contributed by atoms with Gasteiger partial charge in [-0.3, -0.25) is 0 Å². The third-order valence-corrected chi connectivity index (χ3v) is 8.36. The minimum Gasteiger partial charge on any atom is -0.309 e. The molecule has 0 unspecified atom stereocenters. The van der Waals surface area contributed by atoms with Gasteiger partial charge in [-0.1, -0.05) is 72.8 Å². The van der Waals surface area contributed by atoms with Crippen LogP contribution in [-0.4, -0.2) is 9.13 Å². The molecule has 0 fully saturated rings. The summed E-state index contributed by atoms with van der Waals surface area (Å²) in [5.74, 6) is 0. The Morgan fingerprint density at radius 2 is 1.02 bits per heavy atom. The second-order valence-electron chi connectivity index (χ2n) is 10.7. The zero-order valence-corrected chi connectivity index (χ0v) is 23.4. The topological polar surface area (TPSA) is 42.4 Å². The fourth-order valence-electron chi connectivity index (χ4n) is 6.55. The van der Waals surface area contributed by atoms with E-state index in [2.05, 4.69) is 91.6 Å². The van der Waals surface area contributed by atoms with Crippen molar-refractivity contribution in [1.29, 1.82) is 5.26 Å². The van der Waals surface area contributed by atoms with E-state index in [0.717, 1.165) is 60.5 Å². The van der Waals surface area contributed by atoms with Gasteiger partial charge in [0.15, 0.2) is 11.4 Å². The van der Waals surface area contributed by atoms with Crippen LogP contribution in [0, 0.1) is 24.5 Å². The molecule has 2 heterocycles. The highest BCUT2D eigenvalue weighted by atomic mass is 15.0. The SMILES string of the molecule is [C-]#[N+]c1cc(C#N)cc([N+]#[C-])c1-c1cc2c(cc1-n1c3ccccc3c3ccccc31)c1ccccc1n2-c1ccccc1. The first-order valence-electron chi connectivity index (χ1n) is 14.2. The molecule has 0 aliphatic rings. The maximum absolute atomic E-state index is 9.70. The largest absolute Gasteiger partial charge is 0.309 e. The lowest BCUT2D eigenvalue weighted by molar-refractivity contribution is 1.17. The Labute approximate surface area is 253 Å². The smallest absolute Gasteiger partial charge is 0.186 e. The van der Waals surface area contributed by atoms with Crippen molar-refractivity contribution in [3.63, 3.8) is 0 Å². The van der Waals surface area contributed by atoms with Crippen LogP contribution in [0.4, 0.5) is 11.4 Å². The lowest BCUT2D eigenvalue weighted by Gasteiger charge is -2.18. The second-order valence-corrected chi connectivity index (χ2v) is 10.7. The van der Waals surface area contributed by atoms with Crippen LogP contribution in [0.1, 0.15) is 5.56 Å². The van der Waals surface area contributed by atoms with Gasteiger partial charge in [0.25, 0.3) is 0 Å². The minimum atomic E-state index is 0.277. The molecule has 0 atom stereocenters. The number of hydrogen-bond acceptors (Lipinski definition) is 1. The third kappa shape index (κ3) is 3.56. The highest BCUT2D eigenvalue weighted by Gasteiger charge is 2.23. The molecule has 0 saturated heterocycles. The van der Waals surface area contributed by atoms with E-state index in [-0.39, 0.29) is 11.4 Å². The monoisotopic (exact) mass is 559 g/mol. The zero-order valence-electron chi connectivity index (χ0n) is 23.4. The lowest BCUT2D eigenvalue weighted by Crippen LogP contribution is -1.99. The van der Waals surface area contributed by atoms with Gasteiger partial charge in [-0.25, -0.2) is 9.69 Å². The summed E-state index contributed by atoms with van der Waals surface area (Å²) < 4.78 is 4.48. The number of nitriles is 1. The molecular weight excluding hydrogens is 538 g/mol. The number of benzene rings is 6. The zero-order chi connectivity index (χ0) is 29.8. The molecule has 8 aromatic rings. The Hall–Kier alpha value is -6.61. The van der Waals surface area contributed by atoms with E-state index < -0.39 is 0 Å². The number of hydrogen-bond donors (Lipinski definition) is 0. The highest BCUT2D eigenvalue weighted by Crippen LogP contribution is 2.47. The molecule has 6 aromatic carbocycles. The molecule has 0 spiro atoms. The molecule has 8 rings (SSSR count). The number of fused-ring (bicyclic) bond motifs is 6. The maximum Gasteiger partial charge on any atom is 0.186 e. The number of para-hydroxylation sites is 4. The first-order valence-corrected chi connectivity index (χ1v) is 14.2. The van der Waals surface area contributed by atoms with Gasteiger partial charge in [-0.15, -0.1) is 0 Å². The van der Waals surface area contributed by atoms with Gasteiger partial charge < -0.3 is 9.13 Å². The normalized spacial score (nSPS) is 11.1. The van der Waals surface area contributed by atoms with E-state index in [0.29, 0.717) is 11.1 Å². The van der Waals surface area contributed by atoms with Crippen molar-refractivity contribution in [3.8, 4) is 28.6 Å². The van der Waals surface area contributed by atoms with Crippen LogP contribution < -0.4 is 0 Å². The summed E-state index contributed by atoms with van der Waals surface area (Å²) in [6, 6.07) is 44.9. The van der Waals surface area contributed by atoms with E-state index in [4.69, 9.17) is 13.1 Å². The highest BCUT2D eigenvalue weighted by molar-refractivity contribution is 6.15. The summed E-state index contributed by atoms with van der Waals surface area (Å²) in [5, 5.41) is 14.1. The standard InChI is InChI=1S/C39H21N5/c1-41-32-20-25(24-40)21-33(42-2)39(32)31-23-37-30(29-16-8-9-17-34(29)43(37)26-12-4-3-5-13-26)22-38(31)44-35-18-10-6-14-27(35)28-15-7-11-19-36(28)44/h3-23H. The van der Waals surface area contributed by atoms with Crippen LogP contribution in [0.15, 0.2) is 127 Å². The van der Waals surface area contributed by atoms with Gasteiger partial charge in [0.2, 0.25) is 0 Å². The van der Waals surface area contributed by atoms with Crippen molar-refractivity contribution >= 4 is 55.0 Å². The van der Waals surface area contributed by atoms with Crippen molar-refractivity contribution in [2.45, 2.75) is 0 Å². The molecule has 44 heavy (non-hydrogen) atoms. The molecule has 2 aromatic heterocycles. The molecule has 5 nitrogen and oxygen atoms in total. The van der Waals surface area contributed by atoms with Gasteiger partial charge in [-0.05, 0) is 65.7 Å². The fourth-order valence-corrected chi connectivity index (χ4v) is 6.55. The van der Waals surface area contributed by atoms with Crippen molar-refractivity contribution in [3.05, 3.63) is 156 Å². The maximum atomic E-state index is 9.70. The van der Waals surface area contributed by atoms with Crippen LogP contribution in [-0.2, 0) is 0 Å². The summed E-state index contributed by atoms with van der Waals surface area (Å²) in [4.78, 5) is 7.71. The molecule has 0 bridgehead atoms. The molecule has 0 amide bonds. The van der Waals surface area contributed by atoms with Crippen molar-refractivity contribution in [2.24, 2.45) is 0 Å². The van der Waals surface area contributed by atoms with E-state index in [1.165, 1.54) is 0 Å². The van der Waals surface area contributed by atoms with Crippen LogP contribution in [0.5, 0.6) is 0 Å². The summed E-state index contributed by atoms with van der Waals surface area (Å²) in [7, 11) is 0. The fraction of sp³-hybridized carbons (Fsp3) is 0. The molecule has 0 saturated carbocycles. The van der Waals surface area contributed by atoms with E-state index in [9.17, 15) is 5.26 Å². The minimum absolute atomic E-state index is 0.277. The third-order valence-electron chi connectivity index (χ3n) is 8.36. The second kappa shape index (κ2) is 9.74. The Morgan fingerprint density at radius 1 is 0.523 bits per heavy atom. The molecule has 0 aliphatic carbocycles. The quantitative estimate of drug-likeness (QED) is 0.199. The van der Waals surface area contributed by atoms with Gasteiger partial charge in [-0.2, -0.15) is 5.26 Å². The predicted molar refractivity (Wildman–Crippen MR) is 178 cm³/mol. The van der Waals surface area contributed by atoms with Crippen LogP contribution in [0.3, 0.4) is 0 Å². The van der Waals surface area contributed by atoms with E-state index >= 15 is 0 Å². The number of nitrogens with zero attached hydrogens (tertiary/aromatic N) is 5. The van der Waals surface area contributed by atoms with Gasteiger partial charge >= 0.3 is 0 Å². The summed E-state index contributed by atoms with van der Waals surface area (Å²) in [6.45, 7) is 16.2. The van der Waals surface area contributed by atoms with E-state index in [1.807, 2.05) is 48.5 Å². The Bertz CT molecular complexity index is 2490. The first-order chi connectivity index (χ1) is 21.7. The molecular formula is C39H21N5. The number of aromatic nitrogens is 2. The summed E-state index contributed by atoms with van der Waals surface area (Å²) >= 11 is 0. The summed E-state index contributed by atoms with van der Waals surface area (Å²) in [6.07, 6.45) is 0. The molecule has 202 valence electrons. The van der Waals surface area contributed by atoms with Crippen LogP contribution in [0.25, 0.3) is 75.8 Å². The van der Waals surface area contributed by atoms with Gasteiger partial charge in [0.1, 0.15) is 0 Å². The average molecular weight is 560 g/mol. The molecule has 5 heteroatoms. The van der Waals surface area contributed by atoms with Crippen molar-refractivity contribution in [1.82, 2.24) is 9.13 Å². The van der Waals surface area contributed by atoms with Gasteiger partial charge in [0.05, 0.1) is 47.0 Å². The van der Waals surface area contributed by atoms with Crippen molar-refractivity contribution < 1.29 is 0 Å². The van der Waals surface area contributed by atoms with Crippen LogP contribution in [0.2, 0.25) is 0 Å². The first kappa shape index (κ1) is 25.1. The van der Waals surface area contributed by atoms with Crippen molar-refractivity contribution in [2.75, 3.05) is 0 Å². The molecule has 0 radical (unpaired) electrons. The molecule has 0 N–H and O–H groups in total. The Balaban J connectivity index is 1.62. The number of rotatable bonds is 3. The lowest BCUT2D eigenvalue weighted by atomic mass is 9.96. The van der Waals surface area contributed by atoms with Gasteiger partial charge in [0, 0.05) is 32.8 Å². The van der Waals surface area contributed by atoms with E-state index in [1.54, 1.807) is 12.1 Å². The average Bonchev–Trinajstić information content (AvgIpc) is 3.59. The Morgan fingerprint density at radius 3 is 1.57 bits per heavy atom.